The maximum absolute atomic E-state index is 11.9. The number of anilines is 1. The number of nitrogens with one attached hydrogen (secondary N) is 2. The minimum atomic E-state index is 0.0156. The normalized spacial score (nSPS) is 10.3. The molecule has 2 aromatic carbocycles. The highest BCUT2D eigenvalue weighted by Crippen LogP contribution is 2.16. The van der Waals surface area contributed by atoms with Gasteiger partial charge in [0, 0.05) is 30.8 Å². The average Bonchev–Trinajstić information content (AvgIpc) is 2.54. The summed E-state index contributed by atoms with van der Waals surface area (Å²) in [6.07, 6.45) is 0.434. The number of para-hydroxylation sites is 2. The van der Waals surface area contributed by atoms with Gasteiger partial charge in [0.25, 0.3) is 0 Å². The highest BCUT2D eigenvalue weighted by atomic mass is 16.5. The Labute approximate surface area is 131 Å². The fourth-order valence-electron chi connectivity index (χ4n) is 2.20. The third-order valence-corrected chi connectivity index (χ3v) is 3.46. The van der Waals surface area contributed by atoms with Crippen LogP contribution in [0, 0.1) is 6.92 Å². The van der Waals surface area contributed by atoms with E-state index in [0.717, 1.165) is 22.6 Å². The lowest BCUT2D eigenvalue weighted by Crippen LogP contribution is -2.22. The molecule has 0 aromatic heterocycles. The zero-order valence-electron chi connectivity index (χ0n) is 13.1. The molecule has 0 unspecified atom stereocenters. The molecule has 0 spiro atoms. The van der Waals surface area contributed by atoms with E-state index in [-0.39, 0.29) is 5.91 Å². The fraction of sp³-hybridized carbons (Fsp3) is 0.278. The Morgan fingerprint density at radius 1 is 1.09 bits per heavy atom. The molecule has 0 aliphatic carbocycles. The maximum atomic E-state index is 11.9. The molecule has 2 rings (SSSR count). The molecule has 22 heavy (non-hydrogen) atoms. The molecular formula is C18H22N2O2. The Balaban J connectivity index is 1.75. The van der Waals surface area contributed by atoms with E-state index in [1.54, 1.807) is 7.11 Å². The molecule has 0 saturated heterocycles. The number of hydrogen-bond acceptors (Lipinski definition) is 3. The number of carbonyl (C=O) groups is 1. The third kappa shape index (κ3) is 4.60. The van der Waals surface area contributed by atoms with Crippen LogP contribution in [0.15, 0.2) is 48.5 Å². The number of hydrogen-bond donors (Lipinski definition) is 2. The van der Waals surface area contributed by atoms with Gasteiger partial charge in [-0.2, -0.15) is 0 Å². The lowest BCUT2D eigenvalue weighted by molar-refractivity contribution is -0.116. The average molecular weight is 298 g/mol. The number of benzene rings is 2. The topological polar surface area (TPSA) is 50.4 Å². The SMILES string of the molecule is COc1ccccc1CNCCC(=O)Nc1ccccc1C. The summed E-state index contributed by atoms with van der Waals surface area (Å²) >= 11 is 0. The summed E-state index contributed by atoms with van der Waals surface area (Å²) in [6.45, 7) is 3.28. The lowest BCUT2D eigenvalue weighted by Gasteiger charge is -2.10. The molecule has 116 valence electrons. The summed E-state index contributed by atoms with van der Waals surface area (Å²) in [6, 6.07) is 15.6. The van der Waals surface area contributed by atoms with Crippen LogP contribution in [0.3, 0.4) is 0 Å². The van der Waals surface area contributed by atoms with Crippen LogP contribution in [-0.4, -0.2) is 19.6 Å². The number of methoxy groups -OCH3 is 1. The zero-order valence-corrected chi connectivity index (χ0v) is 13.1. The van der Waals surface area contributed by atoms with E-state index in [9.17, 15) is 4.79 Å². The Kier molecular flexibility index (Phi) is 5.98. The fourth-order valence-corrected chi connectivity index (χ4v) is 2.20. The summed E-state index contributed by atoms with van der Waals surface area (Å²) in [7, 11) is 1.66. The lowest BCUT2D eigenvalue weighted by atomic mass is 10.2. The monoisotopic (exact) mass is 298 g/mol. The van der Waals surface area contributed by atoms with Crippen molar-refractivity contribution in [3.8, 4) is 5.75 Å². The molecule has 0 aliphatic rings. The van der Waals surface area contributed by atoms with Crippen LogP contribution in [0.25, 0.3) is 0 Å². The predicted octanol–water partition coefficient (Wildman–Crippen LogP) is 3.12. The molecule has 2 N–H and O–H groups in total. The van der Waals surface area contributed by atoms with Crippen molar-refractivity contribution in [1.82, 2.24) is 5.32 Å². The molecule has 0 aliphatic heterocycles. The summed E-state index contributed by atoms with van der Waals surface area (Å²) in [5.74, 6) is 0.876. The smallest absolute Gasteiger partial charge is 0.225 e. The second kappa shape index (κ2) is 8.20. The highest BCUT2D eigenvalue weighted by Gasteiger charge is 2.05. The van der Waals surface area contributed by atoms with Crippen molar-refractivity contribution in [2.24, 2.45) is 0 Å². The Hall–Kier alpha value is -2.33. The second-order valence-corrected chi connectivity index (χ2v) is 5.10. The minimum absolute atomic E-state index is 0.0156. The quantitative estimate of drug-likeness (QED) is 0.772. The van der Waals surface area contributed by atoms with Gasteiger partial charge < -0.3 is 15.4 Å². The molecule has 2 aromatic rings. The van der Waals surface area contributed by atoms with E-state index < -0.39 is 0 Å². The highest BCUT2D eigenvalue weighted by molar-refractivity contribution is 5.91. The number of ether oxygens (including phenoxy) is 1. The van der Waals surface area contributed by atoms with E-state index in [1.165, 1.54) is 0 Å². The van der Waals surface area contributed by atoms with Crippen LogP contribution < -0.4 is 15.4 Å². The summed E-state index contributed by atoms with van der Waals surface area (Å²) < 4.78 is 5.30. The van der Waals surface area contributed by atoms with Gasteiger partial charge in [-0.3, -0.25) is 4.79 Å². The second-order valence-electron chi connectivity index (χ2n) is 5.10. The van der Waals surface area contributed by atoms with Gasteiger partial charge in [0.2, 0.25) is 5.91 Å². The van der Waals surface area contributed by atoms with Crippen LogP contribution in [0.5, 0.6) is 5.75 Å². The number of rotatable bonds is 7. The van der Waals surface area contributed by atoms with Crippen molar-refractivity contribution in [1.29, 1.82) is 0 Å². The molecule has 1 amide bonds. The number of amides is 1. The first-order valence-electron chi connectivity index (χ1n) is 7.39. The van der Waals surface area contributed by atoms with Gasteiger partial charge >= 0.3 is 0 Å². The van der Waals surface area contributed by atoms with E-state index in [1.807, 2.05) is 55.5 Å². The summed E-state index contributed by atoms with van der Waals surface area (Å²) in [5, 5.41) is 6.19. The van der Waals surface area contributed by atoms with Gasteiger partial charge in [-0.1, -0.05) is 36.4 Å². The first-order valence-corrected chi connectivity index (χ1v) is 7.39. The van der Waals surface area contributed by atoms with Crippen molar-refractivity contribution >= 4 is 11.6 Å². The van der Waals surface area contributed by atoms with Gasteiger partial charge in [0.15, 0.2) is 0 Å². The van der Waals surface area contributed by atoms with Crippen LogP contribution in [0.2, 0.25) is 0 Å². The molecular weight excluding hydrogens is 276 g/mol. The standard InChI is InChI=1S/C18H22N2O2/c1-14-7-3-5-9-16(14)20-18(21)11-12-19-13-15-8-4-6-10-17(15)22-2/h3-10,19H,11-13H2,1-2H3,(H,20,21). The van der Waals surface area contributed by atoms with Crippen LogP contribution >= 0.6 is 0 Å². The van der Waals surface area contributed by atoms with Gasteiger partial charge in [-0.25, -0.2) is 0 Å². The number of aryl methyl sites for hydroxylation is 1. The molecule has 0 fully saturated rings. The molecule has 0 radical (unpaired) electrons. The molecule has 0 bridgehead atoms. The van der Waals surface area contributed by atoms with Crippen molar-refractivity contribution in [3.63, 3.8) is 0 Å². The van der Waals surface area contributed by atoms with Crippen LogP contribution in [0.1, 0.15) is 17.5 Å². The van der Waals surface area contributed by atoms with Crippen molar-refractivity contribution in [2.75, 3.05) is 19.0 Å². The van der Waals surface area contributed by atoms with Gasteiger partial charge in [0.1, 0.15) is 5.75 Å². The van der Waals surface area contributed by atoms with Gasteiger partial charge in [-0.15, -0.1) is 0 Å². The zero-order chi connectivity index (χ0) is 15.8. The largest absolute Gasteiger partial charge is 0.496 e. The van der Waals surface area contributed by atoms with E-state index in [2.05, 4.69) is 10.6 Å². The molecule has 0 atom stereocenters. The molecule has 0 saturated carbocycles. The van der Waals surface area contributed by atoms with Gasteiger partial charge in [-0.05, 0) is 24.6 Å². The van der Waals surface area contributed by atoms with Crippen LogP contribution in [0.4, 0.5) is 5.69 Å². The Bertz CT molecular complexity index is 626. The Morgan fingerprint density at radius 2 is 1.82 bits per heavy atom. The van der Waals surface area contributed by atoms with Crippen molar-refractivity contribution < 1.29 is 9.53 Å². The van der Waals surface area contributed by atoms with E-state index in [4.69, 9.17) is 4.74 Å². The Morgan fingerprint density at radius 3 is 2.59 bits per heavy atom. The van der Waals surface area contributed by atoms with Crippen molar-refractivity contribution in [2.45, 2.75) is 19.9 Å². The summed E-state index contributed by atoms with van der Waals surface area (Å²) in [5.41, 5.74) is 3.03. The number of carbonyl (C=O) groups excluding carboxylic acids is 1. The first-order chi connectivity index (χ1) is 10.7. The maximum Gasteiger partial charge on any atom is 0.225 e. The van der Waals surface area contributed by atoms with Crippen LogP contribution in [-0.2, 0) is 11.3 Å². The molecule has 4 nitrogen and oxygen atoms in total. The van der Waals surface area contributed by atoms with Crippen molar-refractivity contribution in [3.05, 3.63) is 59.7 Å². The predicted molar refractivity (Wildman–Crippen MR) is 89.1 cm³/mol. The first kappa shape index (κ1) is 16.0. The van der Waals surface area contributed by atoms with Gasteiger partial charge in [0.05, 0.1) is 7.11 Å². The summed E-state index contributed by atoms with van der Waals surface area (Å²) in [4.78, 5) is 11.9. The van der Waals surface area contributed by atoms with E-state index in [0.29, 0.717) is 19.5 Å². The third-order valence-electron chi connectivity index (χ3n) is 3.46. The molecule has 4 heteroatoms. The minimum Gasteiger partial charge on any atom is -0.496 e. The van der Waals surface area contributed by atoms with E-state index >= 15 is 0 Å². The molecule has 0 heterocycles.